The van der Waals surface area contributed by atoms with Crippen LogP contribution in [0.25, 0.3) is 0 Å². The van der Waals surface area contributed by atoms with Gasteiger partial charge in [0.25, 0.3) is 0 Å². The number of hydrogen-bond donors (Lipinski definition) is 3. The minimum Gasteiger partial charge on any atom is -0.505 e. The first-order valence-electron chi connectivity index (χ1n) is 6.66. The molecule has 2 aromatic rings. The molecule has 2 aromatic carbocycles. The molecular weight excluding hydrogens is 332 g/mol. The molecule has 0 radical (unpaired) electrons. The molecule has 5 heteroatoms. The van der Waals surface area contributed by atoms with E-state index in [-0.39, 0.29) is 11.7 Å². The fraction of sp³-hybridized carbons (Fsp3) is 0.188. The first-order valence-corrected chi connectivity index (χ1v) is 7.45. The van der Waals surface area contributed by atoms with E-state index in [1.54, 1.807) is 18.2 Å². The van der Waals surface area contributed by atoms with Crippen LogP contribution in [0.4, 0.5) is 5.69 Å². The molecule has 0 bridgehead atoms. The van der Waals surface area contributed by atoms with Gasteiger partial charge in [-0.3, -0.25) is 4.79 Å². The van der Waals surface area contributed by atoms with Crippen molar-refractivity contribution in [2.24, 2.45) is 5.73 Å². The summed E-state index contributed by atoms with van der Waals surface area (Å²) in [4.78, 5) is 12.0. The van der Waals surface area contributed by atoms with Crippen molar-refractivity contribution in [2.75, 3.05) is 5.32 Å². The molecule has 0 aliphatic rings. The van der Waals surface area contributed by atoms with Crippen LogP contribution in [0.3, 0.4) is 0 Å². The van der Waals surface area contributed by atoms with E-state index in [2.05, 4.69) is 21.2 Å². The molecule has 0 saturated carbocycles. The highest BCUT2D eigenvalue weighted by atomic mass is 79.9. The largest absolute Gasteiger partial charge is 0.505 e. The summed E-state index contributed by atoms with van der Waals surface area (Å²) in [6.07, 6.45) is 1.28. The van der Waals surface area contributed by atoms with Gasteiger partial charge < -0.3 is 16.2 Å². The van der Waals surface area contributed by atoms with Crippen molar-refractivity contribution in [1.82, 2.24) is 0 Å². The zero-order chi connectivity index (χ0) is 15.2. The molecule has 0 saturated heterocycles. The molecule has 0 fully saturated rings. The lowest BCUT2D eigenvalue weighted by atomic mass is 10.1. The molecule has 1 atom stereocenters. The molecule has 4 nitrogen and oxygen atoms in total. The van der Waals surface area contributed by atoms with Crippen LogP contribution in [0, 0.1) is 0 Å². The zero-order valence-electron chi connectivity index (χ0n) is 11.4. The lowest BCUT2D eigenvalue weighted by Crippen LogP contribution is -2.36. The van der Waals surface area contributed by atoms with Crippen LogP contribution in [0.1, 0.15) is 12.0 Å². The quantitative estimate of drug-likeness (QED) is 0.727. The summed E-state index contributed by atoms with van der Waals surface area (Å²) in [6.45, 7) is 0. The number of aromatic hydroxyl groups is 1. The average molecular weight is 349 g/mol. The van der Waals surface area contributed by atoms with E-state index in [1.165, 1.54) is 0 Å². The summed E-state index contributed by atoms with van der Waals surface area (Å²) in [7, 11) is 0. The number of halogens is 1. The third-order valence-corrected chi connectivity index (χ3v) is 3.81. The topological polar surface area (TPSA) is 75.4 Å². The predicted molar refractivity (Wildman–Crippen MR) is 87.2 cm³/mol. The number of phenolic OH excluding ortho intramolecular Hbond substituents is 1. The van der Waals surface area contributed by atoms with Gasteiger partial charge in [0, 0.05) is 0 Å². The average Bonchev–Trinajstić information content (AvgIpc) is 2.50. The number of rotatable bonds is 5. The lowest BCUT2D eigenvalue weighted by molar-refractivity contribution is -0.117. The Morgan fingerprint density at radius 2 is 1.90 bits per heavy atom. The zero-order valence-corrected chi connectivity index (χ0v) is 13.0. The predicted octanol–water partition coefficient (Wildman–Crippen LogP) is 3.05. The molecule has 1 amide bonds. The fourth-order valence-corrected chi connectivity index (χ4v) is 2.31. The number of anilines is 1. The second-order valence-electron chi connectivity index (χ2n) is 4.76. The SMILES string of the molecule is NC(CCc1ccccc1)C(=O)Nc1cccc(Br)c1O. The van der Waals surface area contributed by atoms with Gasteiger partial charge >= 0.3 is 0 Å². The van der Waals surface area contributed by atoms with E-state index in [1.807, 2.05) is 30.3 Å². The highest BCUT2D eigenvalue weighted by Crippen LogP contribution is 2.31. The van der Waals surface area contributed by atoms with Crippen LogP contribution in [0.5, 0.6) is 5.75 Å². The van der Waals surface area contributed by atoms with Gasteiger partial charge in [0.05, 0.1) is 16.2 Å². The molecule has 0 spiro atoms. The minimum absolute atomic E-state index is 0.00103. The number of benzene rings is 2. The Hall–Kier alpha value is -1.85. The van der Waals surface area contributed by atoms with E-state index >= 15 is 0 Å². The second-order valence-corrected chi connectivity index (χ2v) is 5.61. The molecule has 0 heterocycles. The Bertz CT molecular complexity index is 617. The normalized spacial score (nSPS) is 11.9. The van der Waals surface area contributed by atoms with Crippen LogP contribution < -0.4 is 11.1 Å². The number of phenols is 1. The van der Waals surface area contributed by atoms with Crippen molar-refractivity contribution in [3.05, 3.63) is 58.6 Å². The Morgan fingerprint density at radius 3 is 2.62 bits per heavy atom. The van der Waals surface area contributed by atoms with Gasteiger partial charge in [0.1, 0.15) is 0 Å². The first-order chi connectivity index (χ1) is 10.1. The van der Waals surface area contributed by atoms with Gasteiger partial charge in [-0.15, -0.1) is 0 Å². The maximum atomic E-state index is 12.0. The number of aryl methyl sites for hydroxylation is 1. The van der Waals surface area contributed by atoms with Gasteiger partial charge in [-0.25, -0.2) is 0 Å². The van der Waals surface area contributed by atoms with Crippen LogP contribution in [-0.2, 0) is 11.2 Å². The van der Waals surface area contributed by atoms with Crippen molar-refractivity contribution in [3.63, 3.8) is 0 Å². The Morgan fingerprint density at radius 1 is 1.19 bits per heavy atom. The molecule has 1 unspecified atom stereocenters. The molecule has 110 valence electrons. The van der Waals surface area contributed by atoms with Gasteiger partial charge in [-0.1, -0.05) is 36.4 Å². The Labute approximate surface area is 132 Å². The number of nitrogens with two attached hydrogens (primary N) is 1. The van der Waals surface area contributed by atoms with Gasteiger partial charge in [-0.2, -0.15) is 0 Å². The smallest absolute Gasteiger partial charge is 0.241 e. The third kappa shape index (κ3) is 4.31. The van der Waals surface area contributed by atoms with Crippen LogP contribution in [0.2, 0.25) is 0 Å². The van der Waals surface area contributed by atoms with E-state index in [0.29, 0.717) is 16.6 Å². The fourth-order valence-electron chi connectivity index (χ4n) is 1.94. The molecule has 4 N–H and O–H groups in total. The van der Waals surface area contributed by atoms with Crippen molar-refractivity contribution in [1.29, 1.82) is 0 Å². The summed E-state index contributed by atoms with van der Waals surface area (Å²) >= 11 is 3.20. The number of hydrogen-bond acceptors (Lipinski definition) is 3. The molecular formula is C16H17BrN2O2. The molecule has 0 aromatic heterocycles. The van der Waals surface area contributed by atoms with Crippen LogP contribution >= 0.6 is 15.9 Å². The van der Waals surface area contributed by atoms with Crippen molar-refractivity contribution in [2.45, 2.75) is 18.9 Å². The van der Waals surface area contributed by atoms with Crippen LogP contribution in [0.15, 0.2) is 53.0 Å². The second kappa shape index (κ2) is 7.24. The summed E-state index contributed by atoms with van der Waals surface area (Å²) in [5.74, 6) is -0.305. The maximum Gasteiger partial charge on any atom is 0.241 e. The van der Waals surface area contributed by atoms with E-state index in [9.17, 15) is 9.90 Å². The lowest BCUT2D eigenvalue weighted by Gasteiger charge is -2.13. The molecule has 0 aliphatic heterocycles. The van der Waals surface area contributed by atoms with Crippen molar-refractivity contribution in [3.8, 4) is 5.75 Å². The van der Waals surface area contributed by atoms with E-state index in [4.69, 9.17) is 5.73 Å². The molecule has 21 heavy (non-hydrogen) atoms. The maximum absolute atomic E-state index is 12.0. The number of nitrogens with one attached hydrogen (secondary N) is 1. The number of carbonyl (C=O) groups excluding carboxylic acids is 1. The van der Waals surface area contributed by atoms with E-state index in [0.717, 1.165) is 12.0 Å². The minimum atomic E-state index is -0.622. The summed E-state index contributed by atoms with van der Waals surface area (Å²) < 4.78 is 0.526. The third-order valence-electron chi connectivity index (χ3n) is 3.17. The number of para-hydroxylation sites is 1. The standard InChI is InChI=1S/C16H17BrN2O2/c17-12-7-4-8-14(15(12)20)19-16(21)13(18)10-9-11-5-2-1-3-6-11/h1-8,13,20H,9-10,18H2,(H,19,21). The van der Waals surface area contributed by atoms with E-state index < -0.39 is 6.04 Å². The summed E-state index contributed by atoms with van der Waals surface area (Å²) in [5.41, 5.74) is 7.39. The van der Waals surface area contributed by atoms with Crippen LogP contribution in [-0.4, -0.2) is 17.1 Å². The van der Waals surface area contributed by atoms with Crippen molar-refractivity contribution >= 4 is 27.5 Å². The van der Waals surface area contributed by atoms with Crippen molar-refractivity contribution < 1.29 is 9.90 Å². The Balaban J connectivity index is 1.92. The highest BCUT2D eigenvalue weighted by molar-refractivity contribution is 9.10. The highest BCUT2D eigenvalue weighted by Gasteiger charge is 2.15. The monoisotopic (exact) mass is 348 g/mol. The summed E-state index contributed by atoms with van der Waals surface area (Å²) in [5, 5.41) is 12.5. The van der Waals surface area contributed by atoms with Gasteiger partial charge in [0.15, 0.2) is 5.75 Å². The first kappa shape index (κ1) is 15.5. The molecule has 2 rings (SSSR count). The van der Waals surface area contributed by atoms with Gasteiger partial charge in [-0.05, 0) is 46.5 Å². The number of amides is 1. The summed E-state index contributed by atoms with van der Waals surface area (Å²) in [6, 6.07) is 14.3. The molecule has 0 aliphatic carbocycles. The Kier molecular flexibility index (Phi) is 5.36. The van der Waals surface area contributed by atoms with Gasteiger partial charge in [0.2, 0.25) is 5.91 Å². The number of carbonyl (C=O) groups is 1.